The molecule has 0 radical (unpaired) electrons. The molecule has 0 aliphatic rings. The maximum Gasteiger partial charge on any atom is 0.240 e. The minimum atomic E-state index is -3.56. The van der Waals surface area contributed by atoms with Crippen molar-refractivity contribution in [3.63, 3.8) is 0 Å². The zero-order chi connectivity index (χ0) is 15.9. The van der Waals surface area contributed by atoms with Crippen LogP contribution in [0, 0.1) is 6.92 Å². The number of hydrogen-bond donors (Lipinski definition) is 3. The number of nitrogens with zero attached hydrogens (tertiary/aromatic N) is 1. The second-order valence-corrected chi connectivity index (χ2v) is 6.76. The summed E-state index contributed by atoms with van der Waals surface area (Å²) in [7, 11) is -3.56. The summed E-state index contributed by atoms with van der Waals surface area (Å²) in [6.45, 7) is 2.34. The van der Waals surface area contributed by atoms with E-state index in [1.807, 2.05) is 6.92 Å². The Hall–Kier alpha value is -1.31. The smallest absolute Gasteiger partial charge is 0.240 e. The first-order valence-corrected chi connectivity index (χ1v) is 8.57. The van der Waals surface area contributed by atoms with Crippen LogP contribution in [0.5, 0.6) is 0 Å². The monoisotopic (exact) mass is 332 g/mol. The molecular formula is C13H21ClN4O2S. The van der Waals surface area contributed by atoms with Crippen molar-refractivity contribution >= 4 is 27.6 Å². The quantitative estimate of drug-likeness (QED) is 0.284. The zero-order valence-electron chi connectivity index (χ0n) is 11.9. The van der Waals surface area contributed by atoms with E-state index in [9.17, 15) is 8.42 Å². The largest absolute Gasteiger partial charge is 0.370 e. The molecule has 0 aliphatic heterocycles. The van der Waals surface area contributed by atoms with E-state index >= 15 is 0 Å². The van der Waals surface area contributed by atoms with E-state index in [1.54, 1.807) is 24.3 Å². The van der Waals surface area contributed by atoms with Gasteiger partial charge < -0.3 is 11.5 Å². The lowest BCUT2D eigenvalue weighted by Crippen LogP contribution is -2.36. The highest BCUT2D eigenvalue weighted by atomic mass is 35.5. The van der Waals surface area contributed by atoms with Gasteiger partial charge in [-0.1, -0.05) is 17.7 Å². The molecule has 1 aromatic rings. The van der Waals surface area contributed by atoms with E-state index < -0.39 is 10.0 Å². The number of aryl methyl sites for hydroxylation is 1. The summed E-state index contributed by atoms with van der Waals surface area (Å²) in [5, 5.41) is 0. The fourth-order valence-corrected chi connectivity index (χ4v) is 3.31. The van der Waals surface area contributed by atoms with Gasteiger partial charge in [-0.25, -0.2) is 13.1 Å². The van der Waals surface area contributed by atoms with E-state index in [0.29, 0.717) is 19.4 Å². The highest BCUT2D eigenvalue weighted by Crippen LogP contribution is 2.12. The number of benzene rings is 1. The van der Waals surface area contributed by atoms with Crippen molar-refractivity contribution in [1.29, 1.82) is 0 Å². The van der Waals surface area contributed by atoms with Gasteiger partial charge in [-0.2, -0.15) is 0 Å². The Labute approximate surface area is 130 Å². The van der Waals surface area contributed by atoms with Gasteiger partial charge in [0.05, 0.1) is 4.90 Å². The Bertz CT molecular complexity index is 568. The van der Waals surface area contributed by atoms with Gasteiger partial charge in [-0.3, -0.25) is 4.99 Å². The summed E-state index contributed by atoms with van der Waals surface area (Å²) in [4.78, 5) is 4.08. The predicted molar refractivity (Wildman–Crippen MR) is 85.9 cm³/mol. The summed E-state index contributed by atoms with van der Waals surface area (Å²) in [5.41, 5.74) is 11.4. The van der Waals surface area contributed by atoms with Crippen LogP contribution >= 0.6 is 11.6 Å². The summed E-state index contributed by atoms with van der Waals surface area (Å²) < 4.78 is 27.0. The van der Waals surface area contributed by atoms with Gasteiger partial charge in [0.25, 0.3) is 0 Å². The molecule has 0 saturated carbocycles. The molecule has 6 nitrogen and oxygen atoms in total. The molecule has 21 heavy (non-hydrogen) atoms. The van der Waals surface area contributed by atoms with Gasteiger partial charge >= 0.3 is 0 Å². The lowest BCUT2D eigenvalue weighted by atomic mass is 10.2. The van der Waals surface area contributed by atoms with Crippen molar-refractivity contribution in [2.45, 2.75) is 30.7 Å². The third-order valence-corrected chi connectivity index (χ3v) is 4.75. The third-order valence-electron chi connectivity index (χ3n) is 2.84. The van der Waals surface area contributed by atoms with Crippen LogP contribution < -0.4 is 16.2 Å². The molecule has 5 N–H and O–H groups in total. The number of nitrogens with two attached hydrogens (primary N) is 2. The second kappa shape index (κ2) is 8.21. The first-order chi connectivity index (χ1) is 9.85. The van der Waals surface area contributed by atoms with Crippen LogP contribution in [0.3, 0.4) is 0 Å². The molecule has 0 aliphatic carbocycles. The summed E-state index contributed by atoms with van der Waals surface area (Å²) in [6, 6.07) is 6.30. The molecule has 118 valence electrons. The molecule has 0 unspecified atom stereocenters. The lowest BCUT2D eigenvalue weighted by Gasteiger charge is -2.16. The molecule has 0 spiro atoms. The molecule has 1 atom stereocenters. The first-order valence-electron chi connectivity index (χ1n) is 6.55. The van der Waals surface area contributed by atoms with Crippen molar-refractivity contribution in [2.24, 2.45) is 16.5 Å². The van der Waals surface area contributed by atoms with Crippen LogP contribution in [0.15, 0.2) is 34.2 Å². The maximum absolute atomic E-state index is 12.2. The number of halogens is 1. The molecule has 0 fully saturated rings. The van der Waals surface area contributed by atoms with Crippen molar-refractivity contribution in [3.05, 3.63) is 29.8 Å². The zero-order valence-corrected chi connectivity index (χ0v) is 13.5. The van der Waals surface area contributed by atoms with Crippen LogP contribution in [-0.4, -0.2) is 32.8 Å². The van der Waals surface area contributed by atoms with Gasteiger partial charge in [0, 0.05) is 18.5 Å². The number of alkyl halides is 1. The van der Waals surface area contributed by atoms with E-state index in [2.05, 4.69) is 9.71 Å². The summed E-state index contributed by atoms with van der Waals surface area (Å²) >= 11 is 5.82. The Kier molecular flexibility index (Phi) is 6.94. The van der Waals surface area contributed by atoms with Gasteiger partial charge in [0.15, 0.2) is 5.96 Å². The Morgan fingerprint density at radius 3 is 2.48 bits per heavy atom. The normalized spacial score (nSPS) is 12.9. The number of guanidine groups is 1. The predicted octanol–water partition coefficient (Wildman–Crippen LogP) is 0.934. The van der Waals surface area contributed by atoms with Crippen molar-refractivity contribution in [1.82, 2.24) is 4.72 Å². The van der Waals surface area contributed by atoms with Gasteiger partial charge in [0.1, 0.15) is 0 Å². The van der Waals surface area contributed by atoms with Gasteiger partial charge in [-0.05, 0) is 31.9 Å². The fourth-order valence-electron chi connectivity index (χ4n) is 1.72. The van der Waals surface area contributed by atoms with E-state index in [1.165, 1.54) is 0 Å². The Morgan fingerprint density at radius 1 is 1.33 bits per heavy atom. The molecule has 0 amide bonds. The van der Waals surface area contributed by atoms with E-state index in [0.717, 1.165) is 5.56 Å². The van der Waals surface area contributed by atoms with Gasteiger partial charge in [0.2, 0.25) is 10.0 Å². The first kappa shape index (κ1) is 17.7. The molecule has 1 aromatic carbocycles. The molecular weight excluding hydrogens is 312 g/mol. The van der Waals surface area contributed by atoms with E-state index in [-0.39, 0.29) is 22.8 Å². The standard InChI is InChI=1S/C13H21ClN4O2S/c1-10-4-6-12(7-5-10)21(19,20)18-11(9-14)3-2-8-17-13(15)16/h4-7,11,18H,2-3,8-9H2,1H3,(H4,15,16,17)/t11-/m0/s1. The van der Waals surface area contributed by atoms with Crippen LogP contribution in [0.2, 0.25) is 0 Å². The van der Waals surface area contributed by atoms with Crippen molar-refractivity contribution in [2.75, 3.05) is 12.4 Å². The molecule has 1 rings (SSSR count). The number of rotatable bonds is 8. The van der Waals surface area contributed by atoms with Crippen LogP contribution in [0.4, 0.5) is 0 Å². The average molecular weight is 333 g/mol. The SMILES string of the molecule is Cc1ccc(S(=O)(=O)N[C@H](CCl)CCCN=C(N)N)cc1. The Morgan fingerprint density at radius 2 is 1.95 bits per heavy atom. The molecule has 0 bridgehead atoms. The molecule has 0 saturated heterocycles. The van der Waals surface area contributed by atoms with Crippen LogP contribution in [0.25, 0.3) is 0 Å². The van der Waals surface area contributed by atoms with Crippen molar-refractivity contribution < 1.29 is 8.42 Å². The average Bonchev–Trinajstić information content (AvgIpc) is 2.42. The van der Waals surface area contributed by atoms with E-state index in [4.69, 9.17) is 23.1 Å². The van der Waals surface area contributed by atoms with Crippen molar-refractivity contribution in [3.8, 4) is 0 Å². The minimum Gasteiger partial charge on any atom is -0.370 e. The number of nitrogens with one attached hydrogen (secondary N) is 1. The van der Waals surface area contributed by atoms with Crippen LogP contribution in [0.1, 0.15) is 18.4 Å². The number of hydrogen-bond acceptors (Lipinski definition) is 3. The Balaban J connectivity index is 2.62. The summed E-state index contributed by atoms with van der Waals surface area (Å²) in [6.07, 6.45) is 1.21. The highest BCUT2D eigenvalue weighted by molar-refractivity contribution is 7.89. The maximum atomic E-state index is 12.2. The van der Waals surface area contributed by atoms with Gasteiger partial charge in [-0.15, -0.1) is 11.6 Å². The topological polar surface area (TPSA) is 111 Å². The highest BCUT2D eigenvalue weighted by Gasteiger charge is 2.19. The fraction of sp³-hybridized carbons (Fsp3) is 0.462. The number of sulfonamides is 1. The lowest BCUT2D eigenvalue weighted by molar-refractivity contribution is 0.541. The summed E-state index contributed by atoms with van der Waals surface area (Å²) in [5.74, 6) is 0.213. The molecule has 8 heteroatoms. The minimum absolute atomic E-state index is 0.0256. The second-order valence-electron chi connectivity index (χ2n) is 4.73. The molecule has 0 aromatic heterocycles. The third kappa shape index (κ3) is 6.33. The molecule has 0 heterocycles. The number of aliphatic imine (C=N–C) groups is 1. The van der Waals surface area contributed by atoms with Crippen LogP contribution in [-0.2, 0) is 10.0 Å².